The number of amides is 1. The lowest BCUT2D eigenvalue weighted by atomic mass is 9.86. The number of aromatic nitrogens is 1. The number of hydrogen-bond acceptors (Lipinski definition) is 4. The SMILES string of the molecule is COCCn1cc(C(=O)N2C=CC(CN)=CC2C2CCNCC2)c2cccc(C)c21. The van der Waals surface area contributed by atoms with E-state index in [1.54, 1.807) is 7.11 Å². The highest BCUT2D eigenvalue weighted by molar-refractivity contribution is 6.08. The van der Waals surface area contributed by atoms with E-state index in [0.717, 1.165) is 60.1 Å². The Balaban J connectivity index is 1.72. The smallest absolute Gasteiger partial charge is 0.260 e. The summed E-state index contributed by atoms with van der Waals surface area (Å²) in [7, 11) is 1.70. The summed E-state index contributed by atoms with van der Waals surface area (Å²) in [5, 5.41) is 4.43. The van der Waals surface area contributed by atoms with Crippen LogP contribution in [0.5, 0.6) is 0 Å². The highest BCUT2D eigenvalue weighted by Crippen LogP contribution is 2.31. The molecule has 0 spiro atoms. The zero-order valence-corrected chi connectivity index (χ0v) is 17.9. The summed E-state index contributed by atoms with van der Waals surface area (Å²) in [4.78, 5) is 15.7. The molecular formula is C24H32N4O2. The minimum absolute atomic E-state index is 0.0466. The molecule has 1 amide bonds. The van der Waals surface area contributed by atoms with Crippen molar-refractivity contribution in [1.82, 2.24) is 14.8 Å². The Labute approximate surface area is 178 Å². The van der Waals surface area contributed by atoms with E-state index in [1.165, 1.54) is 0 Å². The third kappa shape index (κ3) is 3.95. The molecule has 0 bridgehead atoms. The van der Waals surface area contributed by atoms with Crippen LogP contribution in [-0.4, -0.2) is 54.8 Å². The van der Waals surface area contributed by atoms with E-state index < -0.39 is 0 Å². The van der Waals surface area contributed by atoms with Gasteiger partial charge in [-0.05, 0) is 56.0 Å². The zero-order valence-electron chi connectivity index (χ0n) is 17.9. The van der Waals surface area contributed by atoms with Crippen molar-refractivity contribution in [3.05, 3.63) is 59.4 Å². The van der Waals surface area contributed by atoms with Crippen molar-refractivity contribution in [2.75, 3.05) is 33.4 Å². The lowest BCUT2D eigenvalue weighted by molar-refractivity contribution is 0.0739. The van der Waals surface area contributed by atoms with Crippen LogP contribution in [0.25, 0.3) is 10.9 Å². The van der Waals surface area contributed by atoms with Gasteiger partial charge in [0.15, 0.2) is 0 Å². The normalized spacial score (nSPS) is 20.0. The van der Waals surface area contributed by atoms with Gasteiger partial charge in [-0.25, -0.2) is 0 Å². The average molecular weight is 409 g/mol. The van der Waals surface area contributed by atoms with E-state index in [-0.39, 0.29) is 11.9 Å². The number of aryl methyl sites for hydroxylation is 1. The maximum Gasteiger partial charge on any atom is 0.260 e. The number of fused-ring (bicyclic) bond motifs is 1. The molecule has 1 fully saturated rings. The van der Waals surface area contributed by atoms with Gasteiger partial charge in [0.1, 0.15) is 0 Å². The van der Waals surface area contributed by atoms with Crippen LogP contribution in [0, 0.1) is 12.8 Å². The highest BCUT2D eigenvalue weighted by atomic mass is 16.5. The van der Waals surface area contributed by atoms with E-state index in [9.17, 15) is 4.79 Å². The van der Waals surface area contributed by atoms with Crippen molar-refractivity contribution < 1.29 is 9.53 Å². The Hall–Kier alpha value is -2.41. The lowest BCUT2D eigenvalue weighted by Gasteiger charge is -2.37. The van der Waals surface area contributed by atoms with E-state index in [4.69, 9.17) is 10.5 Å². The van der Waals surface area contributed by atoms with Crippen molar-refractivity contribution >= 4 is 16.8 Å². The zero-order chi connectivity index (χ0) is 21.1. The molecule has 2 aliphatic heterocycles. The third-order valence-electron chi connectivity index (χ3n) is 6.36. The molecule has 0 radical (unpaired) electrons. The van der Waals surface area contributed by atoms with Gasteiger partial charge >= 0.3 is 0 Å². The van der Waals surface area contributed by atoms with Crippen LogP contribution in [-0.2, 0) is 11.3 Å². The van der Waals surface area contributed by atoms with Gasteiger partial charge < -0.3 is 25.3 Å². The first-order chi connectivity index (χ1) is 14.6. The van der Waals surface area contributed by atoms with Crippen LogP contribution >= 0.6 is 0 Å². The fourth-order valence-corrected chi connectivity index (χ4v) is 4.74. The minimum atomic E-state index is 0.0466. The molecule has 2 aromatic rings. The number of ether oxygens (including phenoxy) is 1. The first-order valence-electron chi connectivity index (χ1n) is 10.8. The van der Waals surface area contributed by atoms with Crippen LogP contribution in [0.3, 0.4) is 0 Å². The van der Waals surface area contributed by atoms with Gasteiger partial charge in [-0.3, -0.25) is 4.79 Å². The molecule has 0 saturated carbocycles. The molecule has 1 saturated heterocycles. The maximum absolute atomic E-state index is 13.8. The van der Waals surface area contributed by atoms with Crippen LogP contribution in [0.4, 0.5) is 0 Å². The predicted octanol–water partition coefficient (Wildman–Crippen LogP) is 2.82. The van der Waals surface area contributed by atoms with Crippen molar-refractivity contribution in [3.63, 3.8) is 0 Å². The summed E-state index contributed by atoms with van der Waals surface area (Å²) < 4.78 is 7.44. The molecule has 3 heterocycles. The van der Waals surface area contributed by atoms with E-state index in [2.05, 4.69) is 29.0 Å². The first kappa shape index (κ1) is 20.8. The third-order valence-corrected chi connectivity index (χ3v) is 6.36. The predicted molar refractivity (Wildman–Crippen MR) is 120 cm³/mol. The van der Waals surface area contributed by atoms with Crippen LogP contribution < -0.4 is 11.1 Å². The largest absolute Gasteiger partial charge is 0.383 e. The average Bonchev–Trinajstić information content (AvgIpc) is 3.17. The molecule has 1 atom stereocenters. The van der Waals surface area contributed by atoms with Gasteiger partial charge in [0.05, 0.1) is 23.7 Å². The second kappa shape index (κ2) is 9.16. The van der Waals surface area contributed by atoms with Gasteiger partial charge in [-0.1, -0.05) is 24.3 Å². The number of carbonyl (C=O) groups is 1. The number of nitrogens with two attached hydrogens (primary N) is 1. The van der Waals surface area contributed by atoms with E-state index in [1.807, 2.05) is 35.5 Å². The molecule has 1 aromatic heterocycles. The second-order valence-electron chi connectivity index (χ2n) is 8.25. The number of rotatable bonds is 6. The molecule has 30 heavy (non-hydrogen) atoms. The molecular weight excluding hydrogens is 376 g/mol. The quantitative estimate of drug-likeness (QED) is 0.771. The molecule has 6 nitrogen and oxygen atoms in total. The summed E-state index contributed by atoms with van der Waals surface area (Å²) in [5.41, 5.74) is 10.0. The number of carbonyl (C=O) groups excluding carboxylic acids is 1. The van der Waals surface area contributed by atoms with Gasteiger partial charge in [-0.15, -0.1) is 0 Å². The number of nitrogens with zero attached hydrogens (tertiary/aromatic N) is 2. The maximum atomic E-state index is 13.8. The number of nitrogens with one attached hydrogen (secondary N) is 1. The summed E-state index contributed by atoms with van der Waals surface area (Å²) >= 11 is 0. The lowest BCUT2D eigenvalue weighted by Crippen LogP contribution is -2.45. The van der Waals surface area contributed by atoms with Crippen LogP contribution in [0.1, 0.15) is 28.8 Å². The van der Waals surface area contributed by atoms with Gasteiger partial charge in [-0.2, -0.15) is 0 Å². The van der Waals surface area contributed by atoms with Gasteiger partial charge in [0, 0.05) is 38.0 Å². The van der Waals surface area contributed by atoms with Crippen molar-refractivity contribution in [2.45, 2.75) is 32.4 Å². The molecule has 2 aliphatic rings. The van der Waals surface area contributed by atoms with E-state index >= 15 is 0 Å². The number of methoxy groups -OCH3 is 1. The highest BCUT2D eigenvalue weighted by Gasteiger charge is 2.32. The molecule has 6 heteroatoms. The fraction of sp³-hybridized carbons (Fsp3) is 0.458. The topological polar surface area (TPSA) is 72.5 Å². The number of benzene rings is 1. The van der Waals surface area contributed by atoms with Crippen LogP contribution in [0.2, 0.25) is 0 Å². The summed E-state index contributed by atoms with van der Waals surface area (Å²) in [6.45, 7) is 5.90. The number of hydrogen-bond donors (Lipinski definition) is 2. The minimum Gasteiger partial charge on any atom is -0.383 e. The Morgan fingerprint density at radius 1 is 1.30 bits per heavy atom. The number of piperidine rings is 1. The Morgan fingerprint density at radius 2 is 2.10 bits per heavy atom. The summed E-state index contributed by atoms with van der Waals surface area (Å²) in [5.74, 6) is 0.485. The van der Waals surface area contributed by atoms with Crippen LogP contribution in [0.15, 0.2) is 48.3 Å². The molecule has 160 valence electrons. The summed E-state index contributed by atoms with van der Waals surface area (Å²) in [6.07, 6.45) is 10.2. The summed E-state index contributed by atoms with van der Waals surface area (Å²) in [6, 6.07) is 6.21. The van der Waals surface area contributed by atoms with E-state index in [0.29, 0.717) is 19.1 Å². The standard InChI is InChI=1S/C24H32N4O2/c1-17-4-3-5-20-21(16-27(23(17)20)12-13-30-2)24(29)28-11-8-18(15-25)14-22(28)19-6-9-26-10-7-19/h3-5,8,11,14,16,19,22,26H,6-7,9-10,12-13,15,25H2,1-2H3. The Morgan fingerprint density at radius 3 is 2.83 bits per heavy atom. The first-order valence-corrected chi connectivity index (χ1v) is 10.8. The van der Waals surface area contributed by atoms with Gasteiger partial charge in [0.25, 0.3) is 5.91 Å². The van der Waals surface area contributed by atoms with Crippen molar-refractivity contribution in [2.24, 2.45) is 11.7 Å². The molecule has 0 aliphatic carbocycles. The number of para-hydroxylation sites is 1. The fourth-order valence-electron chi connectivity index (χ4n) is 4.74. The molecule has 3 N–H and O–H groups in total. The molecule has 1 aromatic carbocycles. The van der Waals surface area contributed by atoms with Crippen molar-refractivity contribution in [1.29, 1.82) is 0 Å². The van der Waals surface area contributed by atoms with Gasteiger partial charge in [0.2, 0.25) is 0 Å². The van der Waals surface area contributed by atoms with Crippen molar-refractivity contribution in [3.8, 4) is 0 Å². The molecule has 4 rings (SSSR count). The monoisotopic (exact) mass is 408 g/mol. The molecule has 1 unspecified atom stereocenters. The Bertz CT molecular complexity index is 969. The second-order valence-corrected chi connectivity index (χ2v) is 8.25. The Kier molecular flexibility index (Phi) is 6.37.